The molecule has 10 heavy (non-hydrogen) atoms. The van der Waals surface area contributed by atoms with Gasteiger partial charge in [0.25, 0.3) is 0 Å². The highest BCUT2D eigenvalue weighted by atomic mass is 16.4. The fourth-order valence-corrected chi connectivity index (χ4v) is 0. The van der Waals surface area contributed by atoms with Gasteiger partial charge in [0.05, 0.1) is 0 Å². The van der Waals surface area contributed by atoms with E-state index in [4.69, 9.17) is 0 Å². The first-order chi connectivity index (χ1) is 4.41. The second-order valence-electron chi connectivity index (χ2n) is 0.408. The van der Waals surface area contributed by atoms with Crippen molar-refractivity contribution >= 4 is 0 Å². The molecule has 0 radical (unpaired) electrons. The Labute approximate surface area is 68.8 Å². The van der Waals surface area contributed by atoms with Crippen LogP contribution in [0.5, 0.6) is 0 Å². The highest BCUT2D eigenvalue weighted by Crippen LogP contribution is 1.28. The molecule has 1 nitrogen and oxygen atoms in total. The normalized spacial score (nSPS) is 3.60. The summed E-state index contributed by atoms with van der Waals surface area (Å²) in [5, 5.41) is 0. The van der Waals surface area contributed by atoms with Crippen molar-refractivity contribution in [2.45, 2.75) is 49.0 Å². The van der Waals surface area contributed by atoms with Crippen molar-refractivity contribution < 1.29 is 4.74 Å². The lowest BCUT2D eigenvalue weighted by molar-refractivity contribution is 0.277. The van der Waals surface area contributed by atoms with E-state index in [9.17, 15) is 0 Å². The molecule has 70 valence electrons. The van der Waals surface area contributed by atoms with E-state index in [1.807, 2.05) is 41.5 Å². The second kappa shape index (κ2) is 616. The lowest BCUT2D eigenvalue weighted by Gasteiger charge is -1.61. The lowest BCUT2D eigenvalue weighted by atomic mass is 11.0. The largest absolute Gasteiger partial charge is 0.388 e. The fraction of sp³-hybridized carbons (Fsp3) is 1.00. The molecule has 0 spiro atoms. The quantitative estimate of drug-likeness (QED) is 0.510. The average Bonchev–Trinajstić information content (AvgIpc) is 2.01. The van der Waals surface area contributed by atoms with E-state index in [1.165, 1.54) is 0 Å². The summed E-state index contributed by atoms with van der Waals surface area (Å²) in [6.07, 6.45) is 0. The van der Waals surface area contributed by atoms with Gasteiger partial charge in [-0.05, 0) is 0 Å². The zero-order valence-electron chi connectivity index (χ0n) is 8.41. The smallest absolute Gasteiger partial charge is 0.0351 e. The highest BCUT2D eigenvalue weighted by molar-refractivity contribution is 3.56. The molecule has 0 aliphatic heterocycles. The first-order valence-corrected chi connectivity index (χ1v) is 3.82. The number of methoxy groups -OCH3 is 1. The van der Waals surface area contributed by atoms with E-state index in [1.54, 1.807) is 14.2 Å². The molecule has 0 aliphatic carbocycles. The molecule has 0 saturated heterocycles. The molecule has 0 fully saturated rings. The maximum atomic E-state index is 4.25. The van der Waals surface area contributed by atoms with Crippen molar-refractivity contribution in [3.05, 3.63) is 0 Å². The van der Waals surface area contributed by atoms with Gasteiger partial charge in [-0.15, -0.1) is 0 Å². The van der Waals surface area contributed by atoms with Gasteiger partial charge < -0.3 is 4.74 Å². The number of hydrogen-bond donors (Lipinski definition) is 0. The van der Waals surface area contributed by atoms with Crippen LogP contribution in [0.4, 0.5) is 0 Å². The van der Waals surface area contributed by atoms with Crippen molar-refractivity contribution in [3.8, 4) is 0 Å². The molecule has 0 bridgehead atoms. The summed E-state index contributed by atoms with van der Waals surface area (Å²) in [6, 6.07) is 0. The Morgan fingerprint density at radius 2 is 0.600 bits per heavy atom. The number of rotatable bonds is 0. The zero-order chi connectivity index (χ0) is 8.71. The molecule has 1 heteroatoms. The van der Waals surface area contributed by atoms with Crippen LogP contribution in [0.15, 0.2) is 0 Å². The van der Waals surface area contributed by atoms with Gasteiger partial charge in [0, 0.05) is 14.2 Å². The van der Waals surface area contributed by atoms with Crippen LogP contribution in [-0.2, 0) is 4.74 Å². The van der Waals surface area contributed by atoms with Gasteiger partial charge >= 0.3 is 0 Å². The Hall–Kier alpha value is -0.0400. The molecular formula is C9H28O. The van der Waals surface area contributed by atoms with Crippen molar-refractivity contribution in [2.24, 2.45) is 0 Å². The molecule has 0 atom stereocenters. The average molecular weight is 152 g/mol. The van der Waals surface area contributed by atoms with E-state index in [0.29, 0.717) is 0 Å². The number of hydrogen-bond acceptors (Lipinski definition) is 1. The summed E-state index contributed by atoms with van der Waals surface area (Å²) < 4.78 is 4.25. The minimum absolute atomic E-state index is 0. The maximum Gasteiger partial charge on any atom is 0.0351 e. The monoisotopic (exact) mass is 152 g/mol. The summed E-state index contributed by atoms with van der Waals surface area (Å²) in [6.45, 7) is 12.0. The summed E-state index contributed by atoms with van der Waals surface area (Å²) >= 11 is 0. The molecule has 0 amide bonds. The molecule has 0 aromatic carbocycles. The van der Waals surface area contributed by atoms with Gasteiger partial charge in [-0.2, -0.15) is 0 Å². The molecule has 0 rings (SSSR count). The molecule has 0 N–H and O–H groups in total. The van der Waals surface area contributed by atoms with Crippen molar-refractivity contribution in [2.75, 3.05) is 14.2 Å². The molecule has 0 aromatic rings. The van der Waals surface area contributed by atoms with E-state index in [-0.39, 0.29) is 7.43 Å². The minimum Gasteiger partial charge on any atom is -0.388 e. The van der Waals surface area contributed by atoms with Crippen LogP contribution in [-0.4, -0.2) is 14.2 Å². The summed E-state index contributed by atoms with van der Waals surface area (Å²) in [4.78, 5) is 0. The van der Waals surface area contributed by atoms with Crippen LogP contribution in [0.1, 0.15) is 49.0 Å². The van der Waals surface area contributed by atoms with Crippen LogP contribution in [0.2, 0.25) is 0 Å². The topological polar surface area (TPSA) is 9.23 Å². The van der Waals surface area contributed by atoms with Gasteiger partial charge in [0.1, 0.15) is 0 Å². The van der Waals surface area contributed by atoms with Crippen molar-refractivity contribution in [3.63, 3.8) is 0 Å². The lowest BCUT2D eigenvalue weighted by Crippen LogP contribution is -1.55. The summed E-state index contributed by atoms with van der Waals surface area (Å²) in [7, 11) is 3.25. The highest BCUT2D eigenvalue weighted by Gasteiger charge is 1.25. The molecule has 0 aliphatic rings. The summed E-state index contributed by atoms with van der Waals surface area (Å²) in [5.74, 6) is 0. The minimum atomic E-state index is 0. The molecular weight excluding hydrogens is 124 g/mol. The van der Waals surface area contributed by atoms with E-state index < -0.39 is 0 Å². The predicted molar refractivity (Wildman–Crippen MR) is 53.7 cm³/mol. The van der Waals surface area contributed by atoms with Crippen LogP contribution in [0.25, 0.3) is 0 Å². The Morgan fingerprint density at radius 3 is 0.600 bits per heavy atom. The molecule has 0 unspecified atom stereocenters. The van der Waals surface area contributed by atoms with Crippen molar-refractivity contribution in [1.82, 2.24) is 0 Å². The predicted octanol–water partition coefficient (Wildman–Crippen LogP) is 3.98. The van der Waals surface area contributed by atoms with E-state index in [2.05, 4.69) is 4.74 Å². The van der Waals surface area contributed by atoms with Gasteiger partial charge in [-0.3, -0.25) is 0 Å². The Balaban J connectivity index is -0.0000000110. The standard InChI is InChI=1S/C2H6O.3C2H6.CH4/c1-3-2;3*1-2;/h1-2H3;3*1-2H3;1H4. The van der Waals surface area contributed by atoms with E-state index in [0.717, 1.165) is 0 Å². The van der Waals surface area contributed by atoms with Gasteiger partial charge in [0.15, 0.2) is 0 Å². The van der Waals surface area contributed by atoms with E-state index >= 15 is 0 Å². The molecule has 0 heterocycles. The third-order valence-electron chi connectivity index (χ3n) is 0. The van der Waals surface area contributed by atoms with Gasteiger partial charge in [0.2, 0.25) is 0 Å². The Morgan fingerprint density at radius 1 is 0.600 bits per heavy atom. The molecule has 0 saturated carbocycles. The van der Waals surface area contributed by atoms with Crippen LogP contribution >= 0.6 is 0 Å². The zero-order valence-corrected chi connectivity index (χ0v) is 8.41. The fourth-order valence-electron chi connectivity index (χ4n) is 0. The van der Waals surface area contributed by atoms with Crippen LogP contribution in [0.3, 0.4) is 0 Å². The molecule has 0 aromatic heterocycles. The Bertz CT molecular complexity index is 4.69. The SMILES string of the molecule is C.CC.CC.CC.COC. The summed E-state index contributed by atoms with van der Waals surface area (Å²) in [5.41, 5.74) is 0. The first kappa shape index (κ1) is 32.5. The first-order valence-electron chi connectivity index (χ1n) is 3.82. The van der Waals surface area contributed by atoms with Crippen LogP contribution in [0, 0.1) is 0 Å². The van der Waals surface area contributed by atoms with Crippen molar-refractivity contribution in [1.29, 1.82) is 0 Å². The third-order valence-corrected chi connectivity index (χ3v) is 0. The second-order valence-corrected chi connectivity index (χ2v) is 0.408. The Kier molecular flexibility index (Phi) is 2000. The third kappa shape index (κ3) is 241000. The van der Waals surface area contributed by atoms with Crippen LogP contribution < -0.4 is 0 Å². The maximum absolute atomic E-state index is 4.25. The van der Waals surface area contributed by atoms with Gasteiger partial charge in [-0.1, -0.05) is 49.0 Å². The van der Waals surface area contributed by atoms with Gasteiger partial charge in [-0.25, -0.2) is 0 Å². The number of ether oxygens (including phenoxy) is 1.